The van der Waals surface area contributed by atoms with Gasteiger partial charge < -0.3 is 10.3 Å². The van der Waals surface area contributed by atoms with Crippen molar-refractivity contribution in [2.45, 2.75) is 53.5 Å². The van der Waals surface area contributed by atoms with E-state index < -0.39 is 11.5 Å². The summed E-state index contributed by atoms with van der Waals surface area (Å²) in [6.07, 6.45) is 0. The van der Waals surface area contributed by atoms with Gasteiger partial charge in [-0.15, -0.1) is 0 Å². The van der Waals surface area contributed by atoms with Gasteiger partial charge in [-0.1, -0.05) is 39.0 Å². The van der Waals surface area contributed by atoms with E-state index in [1.807, 2.05) is 69.6 Å². The van der Waals surface area contributed by atoms with Crippen molar-refractivity contribution < 1.29 is 4.79 Å². The lowest BCUT2D eigenvalue weighted by atomic mass is 9.95. The number of nitrogens with zero attached hydrogens (tertiary/aromatic N) is 3. The Morgan fingerprint density at radius 1 is 1.10 bits per heavy atom. The Balaban J connectivity index is 1.84. The first-order chi connectivity index (χ1) is 13.6. The van der Waals surface area contributed by atoms with E-state index in [1.165, 1.54) is 0 Å². The van der Waals surface area contributed by atoms with Crippen LogP contribution in [0.3, 0.4) is 0 Å². The molecule has 0 radical (unpaired) electrons. The highest BCUT2D eigenvalue weighted by molar-refractivity contribution is 5.94. The molecular weight excluding hydrogens is 366 g/mol. The summed E-state index contributed by atoms with van der Waals surface area (Å²) in [7, 11) is 0. The molecule has 0 aliphatic heterocycles. The monoisotopic (exact) mass is 393 g/mol. The summed E-state index contributed by atoms with van der Waals surface area (Å²) in [5, 5.41) is 7.44. The normalized spacial score (nSPS) is 11.5. The van der Waals surface area contributed by atoms with E-state index in [-0.39, 0.29) is 17.5 Å². The number of carbonyl (C=O) groups is 1. The van der Waals surface area contributed by atoms with Crippen molar-refractivity contribution in [3.8, 4) is 5.69 Å². The second kappa shape index (κ2) is 7.66. The lowest BCUT2D eigenvalue weighted by molar-refractivity contribution is 0.0948. The number of aryl methyl sites for hydroxylation is 2. The van der Waals surface area contributed by atoms with E-state index in [9.17, 15) is 9.59 Å². The van der Waals surface area contributed by atoms with Gasteiger partial charge in [-0.3, -0.25) is 9.59 Å². The van der Waals surface area contributed by atoms with Crippen LogP contribution in [0.15, 0.2) is 35.1 Å². The Kier molecular flexibility index (Phi) is 5.42. The van der Waals surface area contributed by atoms with Crippen molar-refractivity contribution in [1.29, 1.82) is 0 Å². The van der Waals surface area contributed by atoms with Gasteiger partial charge in [-0.2, -0.15) is 5.10 Å². The number of H-pyrrole nitrogens is 1. The van der Waals surface area contributed by atoms with Crippen LogP contribution in [0, 0.1) is 20.8 Å². The van der Waals surface area contributed by atoms with Gasteiger partial charge in [0.15, 0.2) is 0 Å². The molecule has 3 aromatic rings. The number of benzene rings is 1. The summed E-state index contributed by atoms with van der Waals surface area (Å²) in [6, 6.07) is 9.82. The second-order valence-corrected chi connectivity index (χ2v) is 8.20. The van der Waals surface area contributed by atoms with Crippen LogP contribution in [-0.4, -0.2) is 25.7 Å². The lowest BCUT2D eigenvalue weighted by Crippen LogP contribution is -2.33. The average molecular weight is 393 g/mol. The fraction of sp³-hybridized carbons (Fsp3) is 0.364. The lowest BCUT2D eigenvalue weighted by Gasteiger charge is -2.18. The Morgan fingerprint density at radius 2 is 1.76 bits per heavy atom. The summed E-state index contributed by atoms with van der Waals surface area (Å²) in [5.74, 6) is 0.121. The zero-order valence-electron chi connectivity index (χ0n) is 17.8. The Morgan fingerprint density at radius 3 is 2.34 bits per heavy atom. The second-order valence-electron chi connectivity index (χ2n) is 8.20. The number of hydrogen-bond acceptors (Lipinski definition) is 4. The van der Waals surface area contributed by atoms with Crippen molar-refractivity contribution in [2.24, 2.45) is 0 Å². The zero-order valence-corrected chi connectivity index (χ0v) is 17.8. The van der Waals surface area contributed by atoms with Gasteiger partial charge in [-0.25, -0.2) is 9.67 Å². The molecule has 29 heavy (non-hydrogen) atoms. The largest absolute Gasteiger partial charge is 0.348 e. The van der Waals surface area contributed by atoms with E-state index in [4.69, 9.17) is 0 Å². The quantitative estimate of drug-likeness (QED) is 0.712. The van der Waals surface area contributed by atoms with Crippen LogP contribution in [0.2, 0.25) is 0 Å². The molecule has 0 fully saturated rings. The van der Waals surface area contributed by atoms with Crippen molar-refractivity contribution in [2.75, 3.05) is 0 Å². The maximum Gasteiger partial charge on any atom is 0.264 e. The van der Waals surface area contributed by atoms with Crippen LogP contribution in [0.5, 0.6) is 0 Å². The average Bonchev–Trinajstić information content (AvgIpc) is 2.93. The molecule has 3 rings (SSSR count). The number of hydrogen-bond donors (Lipinski definition) is 2. The molecule has 7 nitrogen and oxygen atoms in total. The SMILES string of the molecule is Cc1nn(-c2ccccc2)c(C)c1CNC(=O)c1c(C)nc(C(C)(C)C)[nH]c1=O. The molecule has 0 aliphatic rings. The molecule has 2 heterocycles. The number of carbonyl (C=O) groups excluding carboxylic acids is 1. The van der Waals surface area contributed by atoms with Crippen molar-refractivity contribution in [3.05, 3.63) is 74.7 Å². The number of amides is 1. The van der Waals surface area contributed by atoms with Crippen LogP contribution in [0.1, 0.15) is 59.6 Å². The molecule has 0 spiro atoms. The molecule has 0 saturated heterocycles. The Labute approximate surface area is 170 Å². The number of nitrogens with one attached hydrogen (secondary N) is 2. The summed E-state index contributed by atoms with van der Waals surface area (Å²) >= 11 is 0. The smallest absolute Gasteiger partial charge is 0.264 e. The number of para-hydroxylation sites is 1. The fourth-order valence-electron chi connectivity index (χ4n) is 3.22. The van der Waals surface area contributed by atoms with Crippen LogP contribution in [0.25, 0.3) is 5.69 Å². The molecule has 152 valence electrons. The van der Waals surface area contributed by atoms with Gasteiger partial charge >= 0.3 is 0 Å². The molecule has 1 amide bonds. The summed E-state index contributed by atoms with van der Waals surface area (Å²) in [4.78, 5) is 32.4. The number of aromatic nitrogens is 4. The molecule has 2 N–H and O–H groups in total. The minimum absolute atomic E-state index is 0.0451. The Bertz CT molecular complexity index is 1100. The molecule has 1 aromatic carbocycles. The minimum atomic E-state index is -0.442. The molecular formula is C22H27N5O2. The van der Waals surface area contributed by atoms with E-state index in [0.29, 0.717) is 11.5 Å². The molecule has 0 aliphatic carbocycles. The van der Waals surface area contributed by atoms with E-state index >= 15 is 0 Å². The minimum Gasteiger partial charge on any atom is -0.348 e. The van der Waals surface area contributed by atoms with Gasteiger partial charge in [0, 0.05) is 23.2 Å². The topological polar surface area (TPSA) is 92.7 Å². The van der Waals surface area contributed by atoms with E-state index in [1.54, 1.807) is 6.92 Å². The standard InChI is InChI=1S/C22H27N5O2/c1-13-17(15(3)27(26-13)16-10-8-7-9-11-16)12-23-19(28)18-14(2)24-21(22(4,5)6)25-20(18)29/h7-11H,12H2,1-6H3,(H,23,28)(H,24,25,29). The first-order valence-corrected chi connectivity index (χ1v) is 9.59. The zero-order chi connectivity index (χ0) is 21.3. The predicted molar refractivity (Wildman–Crippen MR) is 113 cm³/mol. The van der Waals surface area contributed by atoms with E-state index in [2.05, 4.69) is 20.4 Å². The van der Waals surface area contributed by atoms with Crippen molar-refractivity contribution >= 4 is 5.91 Å². The maximum absolute atomic E-state index is 12.7. The molecule has 2 aromatic heterocycles. The molecule has 0 saturated carbocycles. The molecule has 0 bridgehead atoms. The van der Waals surface area contributed by atoms with Crippen LogP contribution < -0.4 is 10.9 Å². The van der Waals surface area contributed by atoms with Gasteiger partial charge in [0.25, 0.3) is 11.5 Å². The molecule has 0 atom stereocenters. The highest BCUT2D eigenvalue weighted by Gasteiger charge is 2.22. The van der Waals surface area contributed by atoms with Gasteiger partial charge in [-0.05, 0) is 32.9 Å². The third kappa shape index (κ3) is 4.13. The first-order valence-electron chi connectivity index (χ1n) is 9.59. The van der Waals surface area contributed by atoms with Gasteiger partial charge in [0.2, 0.25) is 0 Å². The van der Waals surface area contributed by atoms with Gasteiger partial charge in [0.1, 0.15) is 11.4 Å². The van der Waals surface area contributed by atoms with Crippen molar-refractivity contribution in [1.82, 2.24) is 25.1 Å². The van der Waals surface area contributed by atoms with Crippen LogP contribution >= 0.6 is 0 Å². The molecule has 0 unspecified atom stereocenters. The highest BCUT2D eigenvalue weighted by atomic mass is 16.2. The number of rotatable bonds is 4. The van der Waals surface area contributed by atoms with E-state index in [0.717, 1.165) is 22.6 Å². The molecule has 7 heteroatoms. The highest BCUT2D eigenvalue weighted by Crippen LogP contribution is 2.19. The van der Waals surface area contributed by atoms with Crippen molar-refractivity contribution in [3.63, 3.8) is 0 Å². The fourth-order valence-corrected chi connectivity index (χ4v) is 3.22. The summed E-state index contributed by atoms with van der Waals surface area (Å²) in [6.45, 7) is 11.7. The first kappa shape index (κ1) is 20.5. The van der Waals surface area contributed by atoms with Crippen LogP contribution in [-0.2, 0) is 12.0 Å². The number of aromatic amines is 1. The maximum atomic E-state index is 12.7. The summed E-state index contributed by atoms with van der Waals surface area (Å²) in [5.41, 5.74) is 3.40. The predicted octanol–water partition coefficient (Wildman–Crippen LogP) is 3.11. The third-order valence-corrected chi connectivity index (χ3v) is 4.91. The summed E-state index contributed by atoms with van der Waals surface area (Å²) < 4.78 is 1.86. The Hall–Kier alpha value is -3.22. The third-order valence-electron chi connectivity index (χ3n) is 4.91. The van der Waals surface area contributed by atoms with Gasteiger partial charge in [0.05, 0.1) is 17.1 Å². The van der Waals surface area contributed by atoms with Crippen LogP contribution in [0.4, 0.5) is 0 Å².